The Morgan fingerprint density at radius 3 is 2.77 bits per heavy atom. The smallest absolute Gasteiger partial charge is 0.195 e. The van der Waals surface area contributed by atoms with Crippen molar-refractivity contribution in [3.63, 3.8) is 0 Å². The molecule has 1 aliphatic rings. The van der Waals surface area contributed by atoms with E-state index in [9.17, 15) is 19.4 Å². The Hall–Kier alpha value is -1.89. The van der Waals surface area contributed by atoms with Crippen molar-refractivity contribution in [1.29, 1.82) is 0 Å². The number of rotatable bonds is 5. The molecule has 2 aromatic rings. The molecule has 3 rings (SSSR count). The Bertz CT molecular complexity index is 847. The highest BCUT2D eigenvalue weighted by atomic mass is 35.5. The highest BCUT2D eigenvalue weighted by molar-refractivity contribution is 6.31. The van der Waals surface area contributed by atoms with Crippen LogP contribution in [0.5, 0.6) is 0 Å². The van der Waals surface area contributed by atoms with E-state index < -0.39 is 29.5 Å². The van der Waals surface area contributed by atoms with E-state index in [1.165, 1.54) is 30.5 Å². The predicted molar refractivity (Wildman–Crippen MR) is 92.0 cm³/mol. The highest BCUT2D eigenvalue weighted by Crippen LogP contribution is 2.46. The number of pyridine rings is 1. The number of carbonyl (C=O) groups excluding carboxylic acids is 1. The summed E-state index contributed by atoms with van der Waals surface area (Å²) in [6.45, 7) is -0.605. The van der Waals surface area contributed by atoms with Crippen LogP contribution < -0.4 is 0 Å². The maximum atomic E-state index is 15.6. The van der Waals surface area contributed by atoms with Crippen molar-refractivity contribution in [1.82, 2.24) is 4.98 Å². The van der Waals surface area contributed by atoms with Crippen LogP contribution in [0.1, 0.15) is 36.1 Å². The Morgan fingerprint density at radius 1 is 1.31 bits per heavy atom. The molecule has 0 saturated carbocycles. The first kappa shape index (κ1) is 18.9. The summed E-state index contributed by atoms with van der Waals surface area (Å²) in [5, 5.41) is 20.1. The Morgan fingerprint density at radius 2 is 2.08 bits per heavy atom. The van der Waals surface area contributed by atoms with Crippen LogP contribution in [0.2, 0.25) is 5.02 Å². The summed E-state index contributed by atoms with van der Waals surface area (Å²) in [7, 11) is 0. The summed E-state index contributed by atoms with van der Waals surface area (Å²) in [5.41, 5.74) is -3.42. The van der Waals surface area contributed by atoms with E-state index in [4.69, 9.17) is 11.6 Å². The Labute approximate surface area is 154 Å². The van der Waals surface area contributed by atoms with Gasteiger partial charge in [0.2, 0.25) is 0 Å². The molecule has 0 saturated heterocycles. The number of alkyl halides is 1. The molecule has 7 heteroatoms. The summed E-state index contributed by atoms with van der Waals surface area (Å²) in [4.78, 5) is 16.7. The van der Waals surface area contributed by atoms with Gasteiger partial charge in [0, 0.05) is 23.2 Å². The van der Waals surface area contributed by atoms with Crippen LogP contribution in [-0.4, -0.2) is 27.6 Å². The van der Waals surface area contributed by atoms with Crippen molar-refractivity contribution in [3.8, 4) is 0 Å². The minimum Gasteiger partial charge on any atom is -0.393 e. The summed E-state index contributed by atoms with van der Waals surface area (Å²) >= 11 is 5.95. The van der Waals surface area contributed by atoms with E-state index in [0.29, 0.717) is 5.56 Å². The van der Waals surface area contributed by atoms with Gasteiger partial charge < -0.3 is 10.2 Å². The number of halogens is 3. The number of aryl methyl sites for hydroxylation is 1. The molecule has 2 atom stereocenters. The van der Waals surface area contributed by atoms with Crippen molar-refractivity contribution in [2.45, 2.75) is 37.0 Å². The molecule has 0 fully saturated rings. The van der Waals surface area contributed by atoms with Gasteiger partial charge in [0.25, 0.3) is 0 Å². The minimum absolute atomic E-state index is 0.00980. The third-order valence-electron chi connectivity index (χ3n) is 4.90. The van der Waals surface area contributed by atoms with Crippen molar-refractivity contribution < 1.29 is 23.8 Å². The molecule has 138 valence electrons. The number of aliphatic hydroxyl groups is 2. The number of ketones is 1. The van der Waals surface area contributed by atoms with E-state index >= 15 is 4.39 Å². The molecule has 0 amide bonds. The SMILES string of the molecule is O=C(CCc1ccc(F)cc1Cl)[C@]1(F)CC[C@@](O)(CO)c2ncccc21. The molecule has 0 bridgehead atoms. The van der Waals surface area contributed by atoms with E-state index in [0.717, 1.165) is 6.07 Å². The van der Waals surface area contributed by atoms with Gasteiger partial charge in [-0.05, 0) is 43.0 Å². The maximum Gasteiger partial charge on any atom is 0.195 e. The summed E-state index contributed by atoms with van der Waals surface area (Å²) in [5.74, 6) is -1.14. The zero-order valence-corrected chi connectivity index (χ0v) is 14.6. The number of aliphatic hydroxyl groups excluding tert-OH is 1. The molecule has 0 spiro atoms. The summed E-state index contributed by atoms with van der Waals surface area (Å²) in [6, 6.07) is 6.74. The van der Waals surface area contributed by atoms with Gasteiger partial charge in [-0.15, -0.1) is 0 Å². The first-order valence-corrected chi connectivity index (χ1v) is 8.63. The second-order valence-corrected chi connectivity index (χ2v) is 6.96. The van der Waals surface area contributed by atoms with Gasteiger partial charge in [-0.1, -0.05) is 23.7 Å². The number of carbonyl (C=O) groups is 1. The fraction of sp³-hybridized carbons (Fsp3) is 0.368. The molecule has 1 aliphatic carbocycles. The monoisotopic (exact) mass is 381 g/mol. The first-order valence-electron chi connectivity index (χ1n) is 8.25. The lowest BCUT2D eigenvalue weighted by atomic mass is 9.72. The van der Waals surface area contributed by atoms with E-state index in [1.54, 1.807) is 0 Å². The molecule has 1 aromatic heterocycles. The topological polar surface area (TPSA) is 70.4 Å². The second kappa shape index (κ2) is 7.02. The number of fused-ring (bicyclic) bond motifs is 1. The van der Waals surface area contributed by atoms with Crippen LogP contribution in [0.4, 0.5) is 8.78 Å². The van der Waals surface area contributed by atoms with Crippen molar-refractivity contribution in [2.24, 2.45) is 0 Å². The number of hydrogen-bond donors (Lipinski definition) is 2. The van der Waals surface area contributed by atoms with Gasteiger partial charge in [-0.3, -0.25) is 9.78 Å². The van der Waals surface area contributed by atoms with Gasteiger partial charge in [0.1, 0.15) is 11.4 Å². The molecular weight excluding hydrogens is 364 g/mol. The fourth-order valence-corrected chi connectivity index (χ4v) is 3.60. The van der Waals surface area contributed by atoms with Gasteiger partial charge in [-0.2, -0.15) is 0 Å². The van der Waals surface area contributed by atoms with E-state index in [1.807, 2.05) is 0 Å². The molecule has 0 unspecified atom stereocenters. The van der Waals surface area contributed by atoms with Crippen LogP contribution >= 0.6 is 11.6 Å². The van der Waals surface area contributed by atoms with Crippen LogP contribution in [-0.2, 0) is 22.5 Å². The Kier molecular flexibility index (Phi) is 5.10. The standard InChI is InChI=1S/C19H18ClF2NO3/c20-15-10-13(21)5-3-12(15)4-6-16(25)19(22)8-7-18(26,11-24)17-14(19)2-1-9-23-17/h1-3,5,9-10,24,26H,4,6-8,11H2/t18-,19+/m1/s1. The fourth-order valence-electron chi connectivity index (χ4n) is 3.34. The third-order valence-corrected chi connectivity index (χ3v) is 5.25. The Balaban J connectivity index is 1.85. The maximum absolute atomic E-state index is 15.6. The van der Waals surface area contributed by atoms with Crippen LogP contribution in [0.25, 0.3) is 0 Å². The number of Topliss-reactive ketones (excluding diaryl/α,β-unsaturated/α-hetero) is 1. The van der Waals surface area contributed by atoms with Crippen molar-refractivity contribution >= 4 is 17.4 Å². The van der Waals surface area contributed by atoms with E-state index in [2.05, 4.69) is 4.98 Å². The van der Waals surface area contributed by atoms with Gasteiger partial charge in [0.15, 0.2) is 11.5 Å². The number of nitrogens with zero attached hydrogens (tertiary/aromatic N) is 1. The van der Waals surface area contributed by atoms with E-state index in [-0.39, 0.29) is 42.0 Å². The molecule has 0 aliphatic heterocycles. The highest BCUT2D eigenvalue weighted by Gasteiger charge is 2.51. The third kappa shape index (κ3) is 3.24. The molecule has 1 aromatic carbocycles. The van der Waals surface area contributed by atoms with Gasteiger partial charge in [-0.25, -0.2) is 8.78 Å². The van der Waals surface area contributed by atoms with Crippen LogP contribution in [0, 0.1) is 5.82 Å². The molecular formula is C19H18ClF2NO3. The summed E-state index contributed by atoms with van der Waals surface area (Å²) in [6.07, 6.45) is 1.05. The molecule has 0 radical (unpaired) electrons. The second-order valence-electron chi connectivity index (χ2n) is 6.55. The molecule has 1 heterocycles. The largest absolute Gasteiger partial charge is 0.393 e. The van der Waals surface area contributed by atoms with Crippen molar-refractivity contribution in [2.75, 3.05) is 6.61 Å². The minimum atomic E-state index is -2.29. The molecule has 2 N–H and O–H groups in total. The first-order chi connectivity index (χ1) is 12.3. The van der Waals surface area contributed by atoms with Gasteiger partial charge >= 0.3 is 0 Å². The number of hydrogen-bond acceptors (Lipinski definition) is 4. The predicted octanol–water partition coefficient (Wildman–Crippen LogP) is 3.21. The van der Waals surface area contributed by atoms with Crippen LogP contribution in [0.15, 0.2) is 36.5 Å². The number of aromatic nitrogens is 1. The van der Waals surface area contributed by atoms with Crippen LogP contribution in [0.3, 0.4) is 0 Å². The normalized spacial score (nSPS) is 25.0. The lowest BCUT2D eigenvalue weighted by molar-refractivity contribution is -0.135. The summed E-state index contributed by atoms with van der Waals surface area (Å²) < 4.78 is 28.7. The lowest BCUT2D eigenvalue weighted by Gasteiger charge is -2.38. The zero-order chi connectivity index (χ0) is 18.9. The van der Waals surface area contributed by atoms with Gasteiger partial charge in [0.05, 0.1) is 12.3 Å². The lowest BCUT2D eigenvalue weighted by Crippen LogP contribution is -2.45. The molecule has 4 nitrogen and oxygen atoms in total. The average molecular weight is 382 g/mol. The molecule has 26 heavy (non-hydrogen) atoms. The zero-order valence-electron chi connectivity index (χ0n) is 13.9. The number of benzene rings is 1. The van der Waals surface area contributed by atoms with Crippen molar-refractivity contribution in [3.05, 3.63) is 64.2 Å². The quantitative estimate of drug-likeness (QED) is 0.834. The average Bonchev–Trinajstić information content (AvgIpc) is 2.64.